The van der Waals surface area contributed by atoms with Gasteiger partial charge in [0.25, 0.3) is 0 Å². The number of hydrogen-bond acceptors (Lipinski definition) is 4. The summed E-state index contributed by atoms with van der Waals surface area (Å²) in [5, 5.41) is 19.7. The smallest absolute Gasteiger partial charge is 0.195 e. The summed E-state index contributed by atoms with van der Waals surface area (Å²) in [6.45, 7) is 0.521. The van der Waals surface area contributed by atoms with Crippen LogP contribution in [0.25, 0.3) is 0 Å². The van der Waals surface area contributed by atoms with E-state index in [1.807, 2.05) is 36.4 Å². The van der Waals surface area contributed by atoms with E-state index in [4.69, 9.17) is 0 Å². The molecule has 2 rings (SSSR count). The van der Waals surface area contributed by atoms with Crippen LogP contribution in [0.3, 0.4) is 0 Å². The third kappa shape index (κ3) is 1.90. The van der Waals surface area contributed by atoms with Gasteiger partial charge in [-0.2, -0.15) is 0 Å². The van der Waals surface area contributed by atoms with Crippen molar-refractivity contribution in [1.82, 2.24) is 5.32 Å². The van der Waals surface area contributed by atoms with Crippen molar-refractivity contribution < 1.29 is 4.97 Å². The molecule has 0 unspecified atom stereocenters. The van der Waals surface area contributed by atoms with Crippen molar-refractivity contribution in [2.75, 3.05) is 18.6 Å². The Balaban J connectivity index is 2.22. The highest BCUT2D eigenvalue weighted by Crippen LogP contribution is 2.16. The number of hydrogen-bond donors (Lipinski definition) is 1. The fourth-order valence-corrected chi connectivity index (χ4v) is 1.39. The first kappa shape index (κ1) is 9.51. The van der Waals surface area contributed by atoms with E-state index in [0.717, 1.165) is 5.69 Å². The van der Waals surface area contributed by atoms with Crippen LogP contribution in [0.1, 0.15) is 0 Å². The normalized spacial score (nSPS) is 15.7. The van der Waals surface area contributed by atoms with E-state index >= 15 is 0 Å². The van der Waals surface area contributed by atoms with Crippen LogP contribution in [-0.2, 0) is 0 Å². The second kappa shape index (κ2) is 4.00. The number of anilines is 1. The van der Waals surface area contributed by atoms with Gasteiger partial charge in [-0.1, -0.05) is 18.2 Å². The van der Waals surface area contributed by atoms with Gasteiger partial charge in [0.15, 0.2) is 5.82 Å². The molecule has 0 fully saturated rings. The first-order valence-electron chi connectivity index (χ1n) is 4.70. The maximum Gasteiger partial charge on any atom is 0.195 e. The van der Waals surface area contributed by atoms with E-state index < -0.39 is 0 Å². The highest BCUT2D eigenvalue weighted by Gasteiger charge is 2.18. The van der Waals surface area contributed by atoms with Crippen LogP contribution >= 0.6 is 0 Å². The molecule has 0 amide bonds. The molecular weight excluding hydrogens is 192 g/mol. The van der Waals surface area contributed by atoms with Gasteiger partial charge in [0.2, 0.25) is 0 Å². The molecule has 0 atom stereocenters. The molecule has 1 heterocycles. The fraction of sp³-hybridized carbons (Fsp3) is 0.200. The molecule has 1 aromatic rings. The van der Waals surface area contributed by atoms with Crippen molar-refractivity contribution in [1.29, 1.82) is 0 Å². The number of benzene rings is 1. The van der Waals surface area contributed by atoms with E-state index in [1.165, 1.54) is 0 Å². The minimum Gasteiger partial charge on any atom is -0.571 e. The van der Waals surface area contributed by atoms with Crippen LogP contribution < -0.4 is 10.3 Å². The summed E-state index contributed by atoms with van der Waals surface area (Å²) in [7, 11) is 1.74. The van der Waals surface area contributed by atoms with Crippen LogP contribution in [0.4, 0.5) is 5.69 Å². The number of rotatable bonds is 2. The van der Waals surface area contributed by atoms with Crippen LogP contribution in [0.5, 0.6) is 0 Å². The average molecular weight is 204 g/mol. The number of nitrogens with one attached hydrogen (secondary N) is 1. The van der Waals surface area contributed by atoms with Gasteiger partial charge in [-0.3, -0.25) is 0 Å². The zero-order valence-corrected chi connectivity index (χ0v) is 8.42. The SMILES string of the molecule is CNC1=CCN(c2ccccc2)[N+]([O-])=N1. The largest absolute Gasteiger partial charge is 0.571 e. The Labute approximate surface area is 87.9 Å². The minimum absolute atomic E-state index is 0.521. The van der Waals surface area contributed by atoms with Gasteiger partial charge in [0.1, 0.15) is 12.2 Å². The lowest BCUT2D eigenvalue weighted by Gasteiger charge is -2.20. The molecule has 1 aromatic carbocycles. The third-order valence-electron chi connectivity index (χ3n) is 2.17. The quantitative estimate of drug-likeness (QED) is 0.586. The highest BCUT2D eigenvalue weighted by molar-refractivity contribution is 5.43. The Hall–Kier alpha value is -2.04. The maximum absolute atomic E-state index is 11.6. The fourth-order valence-electron chi connectivity index (χ4n) is 1.39. The zero-order chi connectivity index (χ0) is 10.7. The van der Waals surface area contributed by atoms with E-state index in [1.54, 1.807) is 12.1 Å². The number of nitrogens with zero attached hydrogens (tertiary/aromatic N) is 3. The van der Waals surface area contributed by atoms with Crippen molar-refractivity contribution >= 4 is 5.69 Å². The zero-order valence-electron chi connectivity index (χ0n) is 8.42. The molecule has 0 aliphatic carbocycles. The molecule has 15 heavy (non-hydrogen) atoms. The van der Waals surface area contributed by atoms with Crippen LogP contribution in [-0.4, -0.2) is 18.6 Å². The van der Waals surface area contributed by atoms with E-state index in [2.05, 4.69) is 10.4 Å². The first-order chi connectivity index (χ1) is 7.31. The monoisotopic (exact) mass is 204 g/mol. The molecule has 5 heteroatoms. The van der Waals surface area contributed by atoms with E-state index in [0.29, 0.717) is 17.3 Å². The molecule has 1 aliphatic heterocycles. The minimum atomic E-state index is 0.521. The summed E-state index contributed by atoms with van der Waals surface area (Å²) in [4.78, 5) is 0.598. The van der Waals surface area contributed by atoms with Gasteiger partial charge in [-0.05, 0) is 18.2 Å². The van der Waals surface area contributed by atoms with Crippen LogP contribution in [0, 0.1) is 5.21 Å². The summed E-state index contributed by atoms with van der Waals surface area (Å²) in [5.74, 6) is 0.595. The lowest BCUT2D eigenvalue weighted by Crippen LogP contribution is -2.34. The van der Waals surface area contributed by atoms with Gasteiger partial charge in [0, 0.05) is 12.0 Å². The second-order valence-corrected chi connectivity index (χ2v) is 3.11. The third-order valence-corrected chi connectivity index (χ3v) is 2.17. The van der Waals surface area contributed by atoms with Crippen molar-refractivity contribution in [3.8, 4) is 0 Å². The molecule has 0 bridgehead atoms. The molecule has 1 N–H and O–H groups in total. The van der Waals surface area contributed by atoms with Crippen LogP contribution in [0.15, 0.2) is 47.3 Å². The molecule has 1 aliphatic rings. The summed E-state index contributed by atoms with van der Waals surface area (Å²) in [6.07, 6.45) is 1.86. The summed E-state index contributed by atoms with van der Waals surface area (Å²) in [6, 6.07) is 9.44. The summed E-state index contributed by atoms with van der Waals surface area (Å²) in [5.41, 5.74) is 0.836. The van der Waals surface area contributed by atoms with Gasteiger partial charge in [-0.25, -0.2) is 0 Å². The van der Waals surface area contributed by atoms with Crippen LogP contribution in [0.2, 0.25) is 0 Å². The van der Waals surface area contributed by atoms with Gasteiger partial charge in [0.05, 0.1) is 5.11 Å². The first-order valence-corrected chi connectivity index (χ1v) is 4.70. The van der Waals surface area contributed by atoms with Crippen molar-refractivity contribution in [3.63, 3.8) is 0 Å². The van der Waals surface area contributed by atoms with Gasteiger partial charge < -0.3 is 10.5 Å². The molecule has 0 saturated carbocycles. The molecule has 0 aromatic heterocycles. The average Bonchev–Trinajstić information content (AvgIpc) is 2.30. The Bertz CT molecular complexity index is 399. The predicted octanol–water partition coefficient (Wildman–Crippen LogP) is 1.44. The lowest BCUT2D eigenvalue weighted by molar-refractivity contribution is -0.542. The van der Waals surface area contributed by atoms with Gasteiger partial charge in [-0.15, -0.1) is 5.01 Å². The molecular formula is C10H12N4O. The molecule has 0 spiro atoms. The topological polar surface area (TPSA) is 53.7 Å². The Kier molecular flexibility index (Phi) is 2.53. The predicted molar refractivity (Wildman–Crippen MR) is 57.0 cm³/mol. The van der Waals surface area contributed by atoms with E-state index in [9.17, 15) is 5.21 Å². The van der Waals surface area contributed by atoms with Crippen molar-refractivity contribution in [2.45, 2.75) is 0 Å². The molecule has 5 nitrogen and oxygen atoms in total. The van der Waals surface area contributed by atoms with Gasteiger partial charge >= 0.3 is 0 Å². The Morgan fingerprint density at radius 3 is 2.73 bits per heavy atom. The molecule has 78 valence electrons. The number of hydrazine groups is 1. The number of para-hydroxylation sites is 1. The van der Waals surface area contributed by atoms with Crippen molar-refractivity contribution in [2.24, 2.45) is 5.11 Å². The standard InChI is InChI=1S/C10H12N4O/c1-11-10-7-8-13(14(15)12-10)9-5-3-2-4-6-9/h2-7,11H,8H2,1H3. The Morgan fingerprint density at radius 1 is 1.40 bits per heavy atom. The summed E-state index contributed by atoms with van der Waals surface area (Å²) >= 11 is 0. The molecule has 0 saturated heterocycles. The van der Waals surface area contributed by atoms with E-state index in [-0.39, 0.29) is 0 Å². The second-order valence-electron chi connectivity index (χ2n) is 3.11. The summed E-state index contributed by atoms with van der Waals surface area (Å²) < 4.78 is 0. The van der Waals surface area contributed by atoms with Crippen molar-refractivity contribution in [3.05, 3.63) is 47.4 Å². The maximum atomic E-state index is 11.6. The Morgan fingerprint density at radius 2 is 2.13 bits per heavy atom. The molecule has 0 radical (unpaired) electrons. The highest BCUT2D eigenvalue weighted by atomic mass is 16.5. The lowest BCUT2D eigenvalue weighted by atomic mass is 10.3.